The first kappa shape index (κ1) is 23.6. The lowest BCUT2D eigenvalue weighted by molar-refractivity contribution is -0.139. The number of benzene rings is 2. The molecule has 0 aliphatic carbocycles. The van der Waals surface area contributed by atoms with Gasteiger partial charge in [0.05, 0.1) is 6.21 Å². The number of aryl methyl sites for hydroxylation is 2. The zero-order valence-electron chi connectivity index (χ0n) is 18.2. The van der Waals surface area contributed by atoms with Crippen LogP contribution in [0.1, 0.15) is 37.0 Å². The number of hydrogen-bond acceptors (Lipinski definition) is 5. The van der Waals surface area contributed by atoms with E-state index in [4.69, 9.17) is 4.74 Å². The smallest absolute Gasteiger partial charge is 0.329 e. The first-order valence-corrected chi connectivity index (χ1v) is 10.0. The summed E-state index contributed by atoms with van der Waals surface area (Å²) < 4.78 is 5.50. The zero-order valence-corrected chi connectivity index (χ0v) is 18.2. The third kappa shape index (κ3) is 8.30. The Morgan fingerprint density at radius 2 is 1.68 bits per heavy atom. The maximum Gasteiger partial charge on any atom is 0.329 e. The Morgan fingerprint density at radius 1 is 1.03 bits per heavy atom. The molecule has 31 heavy (non-hydrogen) atoms. The van der Waals surface area contributed by atoms with Crippen molar-refractivity contribution in [2.75, 3.05) is 11.9 Å². The van der Waals surface area contributed by atoms with Crippen molar-refractivity contribution in [3.8, 4) is 5.75 Å². The van der Waals surface area contributed by atoms with Gasteiger partial charge in [-0.15, -0.1) is 0 Å². The Kier molecular flexibility index (Phi) is 8.75. The third-order valence-corrected chi connectivity index (χ3v) is 4.33. The minimum absolute atomic E-state index is 0.0854. The van der Waals surface area contributed by atoms with Gasteiger partial charge < -0.3 is 15.4 Å². The van der Waals surface area contributed by atoms with Gasteiger partial charge in [-0.05, 0) is 80.3 Å². The van der Waals surface area contributed by atoms with Crippen molar-refractivity contribution in [3.05, 3.63) is 59.2 Å². The van der Waals surface area contributed by atoms with Crippen molar-refractivity contribution in [3.63, 3.8) is 0 Å². The fourth-order valence-corrected chi connectivity index (χ4v) is 2.65. The van der Waals surface area contributed by atoms with Crippen molar-refractivity contribution in [1.29, 1.82) is 0 Å². The van der Waals surface area contributed by atoms with Gasteiger partial charge in [0.15, 0.2) is 6.61 Å². The van der Waals surface area contributed by atoms with E-state index in [1.54, 1.807) is 24.3 Å². The number of carbonyl (C=O) groups excluding carboxylic acids is 3. The number of hydrogen-bond donors (Lipinski definition) is 3. The Hall–Kier alpha value is -3.68. The molecule has 0 unspecified atom stereocenters. The number of amides is 3. The van der Waals surface area contributed by atoms with E-state index in [0.29, 0.717) is 11.3 Å². The van der Waals surface area contributed by atoms with E-state index in [9.17, 15) is 14.4 Å². The van der Waals surface area contributed by atoms with E-state index in [-0.39, 0.29) is 18.6 Å². The van der Waals surface area contributed by atoms with Gasteiger partial charge in [-0.1, -0.05) is 13.0 Å². The highest BCUT2D eigenvalue weighted by molar-refractivity contribution is 6.35. The Balaban J connectivity index is 1.79. The summed E-state index contributed by atoms with van der Waals surface area (Å²) in [5, 5.41) is 9.14. The summed E-state index contributed by atoms with van der Waals surface area (Å²) in [5.74, 6) is -1.29. The molecule has 0 fully saturated rings. The molecule has 0 saturated carbocycles. The Labute approximate surface area is 182 Å². The summed E-state index contributed by atoms with van der Waals surface area (Å²) >= 11 is 0. The number of nitrogens with one attached hydrogen (secondary N) is 3. The highest BCUT2D eigenvalue weighted by Gasteiger charge is 2.14. The first-order valence-electron chi connectivity index (χ1n) is 10.0. The van der Waals surface area contributed by atoms with Crippen molar-refractivity contribution in [2.45, 2.75) is 40.2 Å². The van der Waals surface area contributed by atoms with E-state index in [0.717, 1.165) is 23.2 Å². The van der Waals surface area contributed by atoms with Gasteiger partial charge in [-0.3, -0.25) is 14.4 Å². The lowest BCUT2D eigenvalue weighted by atomic mass is 10.1. The molecule has 0 aromatic heterocycles. The van der Waals surface area contributed by atoms with Crippen LogP contribution in [0.15, 0.2) is 47.6 Å². The summed E-state index contributed by atoms with van der Waals surface area (Å²) in [4.78, 5) is 35.4. The normalized spacial score (nSPS) is 11.6. The predicted molar refractivity (Wildman–Crippen MR) is 120 cm³/mol. The average molecular weight is 425 g/mol. The molecule has 0 aliphatic rings. The molecule has 0 radical (unpaired) electrons. The lowest BCUT2D eigenvalue weighted by Gasteiger charge is -2.09. The van der Waals surface area contributed by atoms with Crippen LogP contribution in [-0.4, -0.2) is 36.6 Å². The minimum Gasteiger partial charge on any atom is -0.484 e. The maximum atomic E-state index is 12.1. The predicted octanol–water partition coefficient (Wildman–Crippen LogP) is 2.69. The number of anilines is 1. The molecule has 2 aromatic rings. The van der Waals surface area contributed by atoms with Gasteiger partial charge in [0.25, 0.3) is 5.91 Å². The molecule has 0 heterocycles. The Bertz CT molecular complexity index is 934. The van der Waals surface area contributed by atoms with E-state index >= 15 is 0 Å². The summed E-state index contributed by atoms with van der Waals surface area (Å²) in [6.45, 7) is 7.53. The van der Waals surface area contributed by atoms with Crippen molar-refractivity contribution in [2.24, 2.45) is 5.10 Å². The molecule has 2 rings (SSSR count). The second kappa shape index (κ2) is 11.5. The summed E-state index contributed by atoms with van der Waals surface area (Å²) in [5.41, 5.74) is 5.74. The highest BCUT2D eigenvalue weighted by atomic mass is 16.5. The van der Waals surface area contributed by atoms with Crippen LogP contribution in [0.5, 0.6) is 5.75 Å². The standard InChI is InChI=1S/C23H28N4O4/c1-5-17(4)25-22(29)23(30)27-24-13-18-6-8-20(9-7-18)31-14-21(28)26-19-11-15(2)10-16(3)12-19/h6-13,17H,5,14H2,1-4H3,(H,25,29)(H,26,28)(H,27,30)/b24-13-/t17-/m0/s1. The molecule has 0 bridgehead atoms. The van der Waals surface area contributed by atoms with Crippen LogP contribution in [0.3, 0.4) is 0 Å². The van der Waals surface area contributed by atoms with Crippen LogP contribution in [0.25, 0.3) is 0 Å². The number of carbonyl (C=O) groups is 3. The topological polar surface area (TPSA) is 109 Å². The van der Waals surface area contributed by atoms with Gasteiger partial charge in [-0.25, -0.2) is 5.43 Å². The number of nitrogens with zero attached hydrogens (tertiary/aromatic N) is 1. The van der Waals surface area contributed by atoms with Gasteiger partial charge in [0.2, 0.25) is 0 Å². The van der Waals surface area contributed by atoms with Crippen molar-refractivity contribution in [1.82, 2.24) is 10.7 Å². The largest absolute Gasteiger partial charge is 0.484 e. The maximum absolute atomic E-state index is 12.1. The average Bonchev–Trinajstić information content (AvgIpc) is 2.72. The molecule has 8 heteroatoms. The SMILES string of the molecule is CC[C@H](C)NC(=O)C(=O)N/N=C\c1ccc(OCC(=O)Nc2cc(C)cc(C)c2)cc1. The van der Waals surface area contributed by atoms with Crippen LogP contribution in [0.2, 0.25) is 0 Å². The molecule has 3 N–H and O–H groups in total. The second-order valence-corrected chi connectivity index (χ2v) is 7.26. The van der Waals surface area contributed by atoms with Gasteiger partial charge in [0.1, 0.15) is 5.75 Å². The molecule has 3 amide bonds. The molecule has 0 saturated heterocycles. The van der Waals surface area contributed by atoms with Crippen LogP contribution in [0.4, 0.5) is 5.69 Å². The summed E-state index contributed by atoms with van der Waals surface area (Å²) in [6, 6.07) is 12.5. The number of hydrazone groups is 1. The fraction of sp³-hybridized carbons (Fsp3) is 0.304. The van der Waals surface area contributed by atoms with Crippen LogP contribution in [0, 0.1) is 13.8 Å². The van der Waals surface area contributed by atoms with Gasteiger partial charge >= 0.3 is 11.8 Å². The zero-order chi connectivity index (χ0) is 22.8. The molecule has 8 nitrogen and oxygen atoms in total. The van der Waals surface area contributed by atoms with Gasteiger partial charge in [0, 0.05) is 11.7 Å². The van der Waals surface area contributed by atoms with E-state index in [1.165, 1.54) is 6.21 Å². The van der Waals surface area contributed by atoms with E-state index in [2.05, 4.69) is 21.2 Å². The monoisotopic (exact) mass is 424 g/mol. The van der Waals surface area contributed by atoms with Crippen LogP contribution < -0.4 is 20.8 Å². The molecule has 0 aliphatic heterocycles. The quantitative estimate of drug-likeness (QED) is 0.344. The number of rotatable bonds is 8. The second-order valence-electron chi connectivity index (χ2n) is 7.26. The van der Waals surface area contributed by atoms with Gasteiger partial charge in [-0.2, -0.15) is 5.10 Å². The molecule has 164 valence electrons. The molecular formula is C23H28N4O4. The van der Waals surface area contributed by atoms with E-state index < -0.39 is 11.8 Å². The van der Waals surface area contributed by atoms with Crippen molar-refractivity contribution < 1.29 is 19.1 Å². The van der Waals surface area contributed by atoms with E-state index in [1.807, 2.05) is 45.9 Å². The van der Waals surface area contributed by atoms with Crippen LogP contribution >= 0.6 is 0 Å². The number of ether oxygens (including phenoxy) is 1. The third-order valence-electron chi connectivity index (χ3n) is 4.33. The molecule has 0 spiro atoms. The fourth-order valence-electron chi connectivity index (χ4n) is 2.65. The molecular weight excluding hydrogens is 396 g/mol. The summed E-state index contributed by atoms with van der Waals surface area (Å²) in [6.07, 6.45) is 2.13. The Morgan fingerprint density at radius 3 is 2.29 bits per heavy atom. The highest BCUT2D eigenvalue weighted by Crippen LogP contribution is 2.14. The first-order chi connectivity index (χ1) is 14.8. The minimum atomic E-state index is -0.827. The molecule has 1 atom stereocenters. The van der Waals surface area contributed by atoms with Crippen LogP contribution in [-0.2, 0) is 14.4 Å². The van der Waals surface area contributed by atoms with Crippen molar-refractivity contribution >= 4 is 29.6 Å². The lowest BCUT2D eigenvalue weighted by Crippen LogP contribution is -2.41. The molecule has 2 aromatic carbocycles. The summed E-state index contributed by atoms with van der Waals surface area (Å²) in [7, 11) is 0.